The van der Waals surface area contributed by atoms with E-state index in [2.05, 4.69) is 10.0 Å². The van der Waals surface area contributed by atoms with Gasteiger partial charge in [-0.1, -0.05) is 31.8 Å². The van der Waals surface area contributed by atoms with E-state index in [0.717, 1.165) is 12.8 Å². The van der Waals surface area contributed by atoms with Gasteiger partial charge < -0.3 is 43.4 Å². The molecule has 2 bridgehead atoms. The number of carboxylic acids is 1. The van der Waals surface area contributed by atoms with Crippen LogP contribution in [-0.4, -0.2) is 103 Å². The van der Waals surface area contributed by atoms with Crippen LogP contribution in [0.3, 0.4) is 0 Å². The average molecular weight is 518 g/mol. The van der Waals surface area contributed by atoms with Crippen molar-refractivity contribution in [2.75, 3.05) is 19.8 Å². The van der Waals surface area contributed by atoms with E-state index in [0.29, 0.717) is 12.8 Å². The summed E-state index contributed by atoms with van der Waals surface area (Å²) in [5.41, 5.74) is 9.04. The van der Waals surface area contributed by atoms with Gasteiger partial charge in [-0.15, -0.1) is 0 Å². The Morgan fingerprint density at radius 1 is 1.06 bits per heavy atom. The molecule has 36 heavy (non-hydrogen) atoms. The summed E-state index contributed by atoms with van der Waals surface area (Å²) >= 11 is 0. The standard InChI is InChI=1S/C22H35N3O11/c1-4-6-8-30-17-14(27)18(20(28)29)36-22(19(17)31-9-7-5-2)35-15-12-10-32-21(34-12)13(24-25-23)16(15)33-11(3)26/h12-19,21-22,27H,4-10H2,1-3H3,(H,28,29)/t12-,13+,14+,15?,16+,17?,18?,19?,21?,22-/m1/s1. The molecule has 0 aliphatic carbocycles. The van der Waals surface area contributed by atoms with Crippen molar-refractivity contribution in [3.05, 3.63) is 10.4 Å². The van der Waals surface area contributed by atoms with Gasteiger partial charge in [-0.05, 0) is 18.4 Å². The van der Waals surface area contributed by atoms with E-state index in [9.17, 15) is 19.8 Å². The second-order valence-corrected chi connectivity index (χ2v) is 8.88. The molecule has 0 amide bonds. The van der Waals surface area contributed by atoms with Crippen LogP contribution >= 0.6 is 0 Å². The molecule has 0 aromatic carbocycles. The van der Waals surface area contributed by atoms with Gasteiger partial charge in [0.25, 0.3) is 0 Å². The molecule has 14 nitrogen and oxygen atoms in total. The predicted molar refractivity (Wildman–Crippen MR) is 120 cm³/mol. The van der Waals surface area contributed by atoms with E-state index in [1.807, 2.05) is 13.8 Å². The molecule has 3 rings (SSSR count). The van der Waals surface area contributed by atoms with Gasteiger partial charge in [0.15, 0.2) is 18.7 Å². The van der Waals surface area contributed by atoms with Crippen LogP contribution in [0.15, 0.2) is 5.11 Å². The highest BCUT2D eigenvalue weighted by Crippen LogP contribution is 2.37. The van der Waals surface area contributed by atoms with Gasteiger partial charge in [-0.25, -0.2) is 4.79 Å². The van der Waals surface area contributed by atoms with Crippen molar-refractivity contribution in [2.45, 2.75) is 108 Å². The molecule has 3 heterocycles. The zero-order valence-corrected chi connectivity index (χ0v) is 20.6. The predicted octanol–water partition coefficient (Wildman–Crippen LogP) is 1.28. The minimum absolute atomic E-state index is 0.0556. The first-order valence-electron chi connectivity index (χ1n) is 12.3. The van der Waals surface area contributed by atoms with Gasteiger partial charge in [0, 0.05) is 25.0 Å². The van der Waals surface area contributed by atoms with Crippen LogP contribution < -0.4 is 0 Å². The number of carboxylic acid groups (broad SMARTS) is 1. The number of hydrogen-bond acceptors (Lipinski definition) is 11. The first-order valence-corrected chi connectivity index (χ1v) is 12.3. The van der Waals surface area contributed by atoms with E-state index >= 15 is 0 Å². The summed E-state index contributed by atoms with van der Waals surface area (Å²) < 4.78 is 40.5. The van der Waals surface area contributed by atoms with Gasteiger partial charge in [0.05, 0.1) is 6.61 Å². The number of aliphatic carboxylic acids is 1. The van der Waals surface area contributed by atoms with Crippen molar-refractivity contribution in [3.8, 4) is 0 Å². The highest BCUT2D eigenvalue weighted by Gasteiger charge is 2.57. The SMILES string of the molecule is CCCCOC1C(OCCCC)[C@H](O)C(C(=O)O)O[C@H]1OC1[C@@H](OC(C)=O)[C@H](N=[N+]=[N-])C2OC[C@H]1O2. The molecule has 3 aliphatic rings. The number of esters is 1. The van der Waals surface area contributed by atoms with Crippen molar-refractivity contribution in [1.29, 1.82) is 0 Å². The maximum atomic E-state index is 11.9. The molecule has 3 aliphatic heterocycles. The minimum Gasteiger partial charge on any atom is -0.479 e. The lowest BCUT2D eigenvalue weighted by molar-refractivity contribution is -0.336. The molecule has 0 spiro atoms. The molecular formula is C22H35N3O11. The second kappa shape index (κ2) is 13.5. The highest BCUT2D eigenvalue weighted by molar-refractivity contribution is 5.73. The third kappa shape index (κ3) is 6.64. The van der Waals surface area contributed by atoms with Gasteiger partial charge in [-0.3, -0.25) is 4.79 Å². The summed E-state index contributed by atoms with van der Waals surface area (Å²) in [6, 6.07) is -1.05. The normalized spacial score (nSPS) is 37.8. The van der Waals surface area contributed by atoms with Crippen molar-refractivity contribution in [1.82, 2.24) is 0 Å². The zero-order valence-electron chi connectivity index (χ0n) is 20.6. The smallest absolute Gasteiger partial charge is 0.335 e. The number of ether oxygens (including phenoxy) is 7. The fourth-order valence-corrected chi connectivity index (χ4v) is 4.41. The number of rotatable bonds is 13. The van der Waals surface area contributed by atoms with E-state index < -0.39 is 73.3 Å². The molecule has 204 valence electrons. The number of hydrogen-bond donors (Lipinski definition) is 2. The van der Waals surface area contributed by atoms with E-state index in [-0.39, 0.29) is 19.8 Å². The van der Waals surface area contributed by atoms with Gasteiger partial charge in [-0.2, -0.15) is 0 Å². The molecule has 10 atom stereocenters. The highest BCUT2D eigenvalue weighted by atomic mass is 16.8. The monoisotopic (exact) mass is 517 g/mol. The molecular weight excluding hydrogens is 482 g/mol. The van der Waals surface area contributed by atoms with Crippen LogP contribution in [0.2, 0.25) is 0 Å². The molecule has 14 heteroatoms. The number of nitrogens with zero attached hydrogens (tertiary/aromatic N) is 3. The summed E-state index contributed by atoms with van der Waals surface area (Å²) in [5.74, 6) is -2.05. The second-order valence-electron chi connectivity index (χ2n) is 8.88. The lowest BCUT2D eigenvalue weighted by atomic mass is 9.96. The summed E-state index contributed by atoms with van der Waals surface area (Å²) in [6.07, 6.45) is -7.34. The van der Waals surface area contributed by atoms with Gasteiger partial charge in [0.1, 0.15) is 42.7 Å². The van der Waals surface area contributed by atoms with Crippen molar-refractivity contribution < 1.29 is 53.0 Å². The van der Waals surface area contributed by atoms with E-state index in [1.165, 1.54) is 6.92 Å². The van der Waals surface area contributed by atoms with E-state index in [4.69, 9.17) is 38.7 Å². The Kier molecular flexibility index (Phi) is 10.7. The summed E-state index contributed by atoms with van der Waals surface area (Å²) in [6.45, 7) is 5.76. The molecule has 0 saturated carbocycles. The van der Waals surface area contributed by atoms with Crippen LogP contribution in [0.25, 0.3) is 10.4 Å². The third-order valence-electron chi connectivity index (χ3n) is 6.20. The first-order chi connectivity index (χ1) is 17.3. The molecule has 2 N–H and O–H groups in total. The Morgan fingerprint density at radius 3 is 2.31 bits per heavy atom. The Labute approximate surface area is 208 Å². The number of aliphatic hydroxyl groups excluding tert-OH is 1. The quantitative estimate of drug-likeness (QED) is 0.118. The average Bonchev–Trinajstić information content (AvgIpc) is 3.27. The Balaban J connectivity index is 1.92. The Hall–Kier alpha value is -2.03. The van der Waals surface area contributed by atoms with Crippen LogP contribution in [0.4, 0.5) is 0 Å². The molecule has 5 unspecified atom stereocenters. The van der Waals surface area contributed by atoms with Gasteiger partial charge >= 0.3 is 11.9 Å². The van der Waals surface area contributed by atoms with Crippen LogP contribution in [0, 0.1) is 0 Å². The van der Waals surface area contributed by atoms with Crippen molar-refractivity contribution >= 4 is 11.9 Å². The summed E-state index contributed by atoms with van der Waals surface area (Å²) in [7, 11) is 0. The molecule has 3 saturated heterocycles. The topological polar surface area (TPSA) is 188 Å². The Morgan fingerprint density at radius 2 is 1.72 bits per heavy atom. The zero-order chi connectivity index (χ0) is 26.2. The Bertz CT molecular complexity index is 795. The number of fused-ring (bicyclic) bond motifs is 2. The number of unbranched alkanes of at least 4 members (excludes halogenated alkanes) is 2. The molecule has 3 fully saturated rings. The fourth-order valence-electron chi connectivity index (χ4n) is 4.41. The molecule has 0 aromatic heterocycles. The lowest BCUT2D eigenvalue weighted by Crippen LogP contribution is -2.64. The molecule has 0 radical (unpaired) electrons. The fraction of sp³-hybridized carbons (Fsp3) is 0.909. The van der Waals surface area contributed by atoms with Crippen molar-refractivity contribution in [3.63, 3.8) is 0 Å². The largest absolute Gasteiger partial charge is 0.479 e. The summed E-state index contributed by atoms with van der Waals surface area (Å²) in [5, 5.41) is 24.2. The minimum atomic E-state index is -1.66. The van der Waals surface area contributed by atoms with Crippen molar-refractivity contribution in [2.24, 2.45) is 5.11 Å². The van der Waals surface area contributed by atoms with E-state index in [1.54, 1.807) is 0 Å². The maximum absolute atomic E-state index is 11.9. The number of carbonyl (C=O) groups is 2. The molecule has 0 aromatic rings. The number of carbonyl (C=O) groups excluding carboxylic acids is 1. The maximum Gasteiger partial charge on any atom is 0.335 e. The first kappa shape index (κ1) is 28.5. The lowest BCUT2D eigenvalue weighted by Gasteiger charge is -2.46. The number of azide groups is 1. The van der Waals surface area contributed by atoms with Crippen LogP contribution in [-0.2, 0) is 42.7 Å². The van der Waals surface area contributed by atoms with Crippen LogP contribution in [0.5, 0.6) is 0 Å². The summed E-state index contributed by atoms with van der Waals surface area (Å²) in [4.78, 5) is 26.6. The third-order valence-corrected chi connectivity index (χ3v) is 6.20. The number of aliphatic hydroxyl groups is 1. The van der Waals surface area contributed by atoms with Crippen LogP contribution in [0.1, 0.15) is 46.5 Å². The van der Waals surface area contributed by atoms with Gasteiger partial charge in [0.2, 0.25) is 0 Å².